The van der Waals surface area contributed by atoms with Gasteiger partial charge in [0.25, 0.3) is 0 Å². The van der Waals surface area contributed by atoms with Crippen LogP contribution in [0.5, 0.6) is 5.75 Å². The van der Waals surface area contributed by atoms with Crippen molar-refractivity contribution in [3.05, 3.63) is 59.7 Å². The van der Waals surface area contributed by atoms with Gasteiger partial charge in [-0.2, -0.15) is 0 Å². The molecule has 0 radical (unpaired) electrons. The van der Waals surface area contributed by atoms with Crippen molar-refractivity contribution in [3.63, 3.8) is 0 Å². The zero-order valence-corrected chi connectivity index (χ0v) is 18.8. The SMILES string of the molecule is C[C@H](NC(=O)C[C@@H]1C[C@@H]2c3cc(NS(C)(=O)=O)ccc3O[C@@H]2[C@@H](CO)O1)c1ccccc1. The quantitative estimate of drug-likeness (QED) is 0.584. The number of hydrogen-bond donors (Lipinski definition) is 3. The predicted octanol–water partition coefficient (Wildman–Crippen LogP) is 2.32. The Hall–Kier alpha value is -2.62. The summed E-state index contributed by atoms with van der Waals surface area (Å²) in [6.45, 7) is 1.70. The number of amides is 1. The largest absolute Gasteiger partial charge is 0.487 e. The highest BCUT2D eigenvalue weighted by atomic mass is 32.2. The molecule has 32 heavy (non-hydrogen) atoms. The minimum atomic E-state index is -3.41. The smallest absolute Gasteiger partial charge is 0.229 e. The highest BCUT2D eigenvalue weighted by Crippen LogP contribution is 2.47. The van der Waals surface area contributed by atoms with E-state index in [1.165, 1.54) is 0 Å². The fourth-order valence-electron chi connectivity index (χ4n) is 4.50. The average Bonchev–Trinajstić information content (AvgIpc) is 3.10. The van der Waals surface area contributed by atoms with Crippen LogP contribution in [0.15, 0.2) is 48.5 Å². The summed E-state index contributed by atoms with van der Waals surface area (Å²) in [6, 6.07) is 14.7. The van der Waals surface area contributed by atoms with Gasteiger partial charge in [-0.05, 0) is 37.1 Å². The number of carbonyl (C=O) groups excluding carboxylic acids is 1. The lowest BCUT2D eigenvalue weighted by molar-refractivity contribution is -0.142. The zero-order chi connectivity index (χ0) is 22.9. The average molecular weight is 461 g/mol. The fraction of sp³-hybridized carbons (Fsp3) is 0.435. The molecule has 5 atom stereocenters. The van der Waals surface area contributed by atoms with Crippen molar-refractivity contribution in [3.8, 4) is 5.75 Å². The lowest BCUT2D eigenvalue weighted by Crippen LogP contribution is -2.47. The van der Waals surface area contributed by atoms with E-state index >= 15 is 0 Å². The van der Waals surface area contributed by atoms with Crippen LogP contribution in [-0.4, -0.2) is 50.6 Å². The van der Waals surface area contributed by atoms with Gasteiger partial charge in [-0.1, -0.05) is 30.3 Å². The second-order valence-electron chi connectivity index (χ2n) is 8.43. The van der Waals surface area contributed by atoms with Crippen molar-refractivity contribution in [1.82, 2.24) is 5.32 Å². The molecule has 2 aromatic carbocycles. The number of nitrogens with one attached hydrogen (secondary N) is 2. The van der Waals surface area contributed by atoms with Crippen molar-refractivity contribution >= 4 is 21.6 Å². The Labute approximate surface area is 188 Å². The second-order valence-corrected chi connectivity index (χ2v) is 10.2. The molecule has 1 fully saturated rings. The van der Waals surface area contributed by atoms with Crippen LogP contribution in [0.1, 0.15) is 42.9 Å². The number of ether oxygens (including phenoxy) is 2. The number of rotatable bonds is 7. The molecule has 2 aliphatic rings. The molecule has 0 aliphatic carbocycles. The standard InChI is InChI=1S/C23H28N2O6S/c1-14(15-6-4-3-5-7-15)24-22(27)12-17-11-19-18-10-16(25-32(2,28)29)8-9-20(18)31-23(19)21(13-26)30-17/h3-10,14,17,19,21,23,25-26H,11-13H2,1-2H3,(H,24,27)/t14-,17-,19+,21+,23-/m0/s1. The predicted molar refractivity (Wildman–Crippen MR) is 120 cm³/mol. The molecule has 1 saturated heterocycles. The minimum absolute atomic E-state index is 0.110. The van der Waals surface area contributed by atoms with E-state index in [2.05, 4.69) is 10.0 Å². The molecule has 0 saturated carbocycles. The van der Waals surface area contributed by atoms with Crippen LogP contribution in [0.25, 0.3) is 0 Å². The first-order valence-electron chi connectivity index (χ1n) is 10.6. The molecule has 0 unspecified atom stereocenters. The van der Waals surface area contributed by atoms with Gasteiger partial charge in [-0.25, -0.2) is 8.42 Å². The molecule has 0 spiro atoms. The first kappa shape index (κ1) is 22.6. The third-order valence-electron chi connectivity index (χ3n) is 5.89. The van der Waals surface area contributed by atoms with Crippen molar-refractivity contribution in [1.29, 1.82) is 0 Å². The van der Waals surface area contributed by atoms with E-state index in [-0.39, 0.29) is 37.0 Å². The first-order valence-corrected chi connectivity index (χ1v) is 12.5. The molecule has 1 amide bonds. The molecule has 2 aliphatic heterocycles. The van der Waals surface area contributed by atoms with Crippen LogP contribution in [0.2, 0.25) is 0 Å². The van der Waals surface area contributed by atoms with Gasteiger partial charge >= 0.3 is 0 Å². The lowest BCUT2D eigenvalue weighted by atomic mass is 9.84. The van der Waals surface area contributed by atoms with E-state index in [9.17, 15) is 18.3 Å². The Kier molecular flexibility index (Phi) is 6.41. The molecule has 8 nitrogen and oxygen atoms in total. The third-order valence-corrected chi connectivity index (χ3v) is 6.50. The summed E-state index contributed by atoms with van der Waals surface area (Å²) in [7, 11) is -3.41. The highest BCUT2D eigenvalue weighted by Gasteiger charge is 2.46. The Bertz CT molecular complexity index is 1080. The summed E-state index contributed by atoms with van der Waals surface area (Å²) in [4.78, 5) is 12.7. The van der Waals surface area contributed by atoms with E-state index in [0.29, 0.717) is 17.9 Å². The van der Waals surface area contributed by atoms with Gasteiger partial charge in [-0.15, -0.1) is 0 Å². The van der Waals surface area contributed by atoms with Gasteiger partial charge in [0.15, 0.2) is 0 Å². The van der Waals surface area contributed by atoms with E-state index in [1.54, 1.807) is 18.2 Å². The Morgan fingerprint density at radius 1 is 1.22 bits per heavy atom. The van der Waals surface area contributed by atoms with E-state index in [4.69, 9.17) is 9.47 Å². The van der Waals surface area contributed by atoms with Crippen molar-refractivity contribution < 1.29 is 27.8 Å². The van der Waals surface area contributed by atoms with Gasteiger partial charge in [-0.3, -0.25) is 9.52 Å². The Morgan fingerprint density at radius 2 is 1.97 bits per heavy atom. The summed E-state index contributed by atoms with van der Waals surface area (Å²) in [5.74, 6) is 0.401. The maximum absolute atomic E-state index is 12.7. The summed E-state index contributed by atoms with van der Waals surface area (Å²) in [5.41, 5.74) is 2.32. The molecule has 2 heterocycles. The number of hydrogen-bond acceptors (Lipinski definition) is 6. The van der Waals surface area contributed by atoms with Gasteiger partial charge in [0.1, 0.15) is 18.0 Å². The third kappa shape index (κ3) is 5.06. The molecule has 0 bridgehead atoms. The van der Waals surface area contributed by atoms with Gasteiger partial charge < -0.3 is 19.9 Å². The van der Waals surface area contributed by atoms with E-state index in [0.717, 1.165) is 17.4 Å². The fourth-order valence-corrected chi connectivity index (χ4v) is 5.05. The zero-order valence-electron chi connectivity index (χ0n) is 18.0. The second kappa shape index (κ2) is 9.09. The highest BCUT2D eigenvalue weighted by molar-refractivity contribution is 7.92. The van der Waals surface area contributed by atoms with Crippen LogP contribution >= 0.6 is 0 Å². The number of aliphatic hydroxyl groups is 1. The summed E-state index contributed by atoms with van der Waals surface area (Å²) in [5, 5.41) is 12.9. The Balaban J connectivity index is 1.47. The topological polar surface area (TPSA) is 114 Å². The van der Waals surface area contributed by atoms with Gasteiger partial charge in [0, 0.05) is 17.2 Å². The maximum atomic E-state index is 12.7. The summed E-state index contributed by atoms with van der Waals surface area (Å²) in [6.07, 6.45) is 0.443. The molecule has 2 aromatic rings. The molecule has 172 valence electrons. The first-order chi connectivity index (χ1) is 15.2. The van der Waals surface area contributed by atoms with Crippen molar-refractivity contribution in [2.24, 2.45) is 0 Å². The molecule has 0 aromatic heterocycles. The maximum Gasteiger partial charge on any atom is 0.229 e. The summed E-state index contributed by atoms with van der Waals surface area (Å²) >= 11 is 0. The summed E-state index contributed by atoms with van der Waals surface area (Å²) < 4.78 is 37.7. The van der Waals surface area contributed by atoms with Crippen LogP contribution in [-0.2, 0) is 19.6 Å². The lowest BCUT2D eigenvalue weighted by Gasteiger charge is -2.37. The van der Waals surface area contributed by atoms with Crippen LogP contribution in [0.4, 0.5) is 5.69 Å². The van der Waals surface area contributed by atoms with Gasteiger partial charge in [0.05, 0.1) is 31.4 Å². The van der Waals surface area contributed by atoms with Crippen LogP contribution in [0.3, 0.4) is 0 Å². The molecule has 3 N–H and O–H groups in total. The number of aliphatic hydroxyl groups excluding tert-OH is 1. The number of sulfonamides is 1. The number of fused-ring (bicyclic) bond motifs is 3. The van der Waals surface area contributed by atoms with Crippen LogP contribution in [0, 0.1) is 0 Å². The van der Waals surface area contributed by atoms with Crippen molar-refractivity contribution in [2.75, 3.05) is 17.6 Å². The number of carbonyl (C=O) groups is 1. The van der Waals surface area contributed by atoms with E-state index < -0.39 is 22.2 Å². The van der Waals surface area contributed by atoms with Crippen molar-refractivity contribution in [2.45, 2.75) is 50.0 Å². The number of anilines is 1. The molecule has 9 heteroatoms. The van der Waals surface area contributed by atoms with E-state index in [1.807, 2.05) is 37.3 Å². The molecule has 4 rings (SSSR count). The minimum Gasteiger partial charge on any atom is -0.487 e. The van der Waals surface area contributed by atoms with Gasteiger partial charge in [0.2, 0.25) is 15.9 Å². The molecular formula is C23H28N2O6S. The van der Waals surface area contributed by atoms with Crippen LogP contribution < -0.4 is 14.8 Å². The molecular weight excluding hydrogens is 432 g/mol. The normalized spacial score (nSPS) is 25.2. The Morgan fingerprint density at radius 3 is 2.66 bits per heavy atom. The monoisotopic (exact) mass is 460 g/mol. The number of benzene rings is 2.